The zero-order valence-electron chi connectivity index (χ0n) is 18.0. The number of benzene rings is 2. The van der Waals surface area contributed by atoms with Crippen LogP contribution in [0.5, 0.6) is 11.5 Å². The van der Waals surface area contributed by atoms with Crippen LogP contribution in [0.3, 0.4) is 0 Å². The Kier molecular flexibility index (Phi) is 4.70. The van der Waals surface area contributed by atoms with Crippen LogP contribution in [0.15, 0.2) is 30.3 Å². The summed E-state index contributed by atoms with van der Waals surface area (Å²) in [6, 6.07) is 12.4. The lowest BCUT2D eigenvalue weighted by molar-refractivity contribution is 0.355. The first-order chi connectivity index (χ1) is 15.1. The van der Waals surface area contributed by atoms with Gasteiger partial charge in [-0.2, -0.15) is 10.4 Å². The SMILES string of the molecule is COc1cc2c(cc1OC)N(C)Cc1[nH]nc(-c3ccc(C#N)c(N4CCCC4)c3)c1-2. The number of fused-ring (bicyclic) bond motifs is 3. The molecule has 158 valence electrons. The van der Waals surface area contributed by atoms with Gasteiger partial charge in [0.2, 0.25) is 0 Å². The summed E-state index contributed by atoms with van der Waals surface area (Å²) in [4.78, 5) is 4.48. The highest BCUT2D eigenvalue weighted by molar-refractivity contribution is 5.93. The maximum Gasteiger partial charge on any atom is 0.162 e. The summed E-state index contributed by atoms with van der Waals surface area (Å²) in [5, 5.41) is 17.6. The number of nitrogens with zero attached hydrogens (tertiary/aromatic N) is 4. The predicted octanol–water partition coefficient (Wildman–Crippen LogP) is 4.18. The van der Waals surface area contributed by atoms with Crippen LogP contribution in [0.4, 0.5) is 11.4 Å². The van der Waals surface area contributed by atoms with Gasteiger partial charge < -0.3 is 19.3 Å². The van der Waals surface area contributed by atoms with Crippen LogP contribution in [0.1, 0.15) is 24.1 Å². The van der Waals surface area contributed by atoms with E-state index in [1.165, 1.54) is 0 Å². The van der Waals surface area contributed by atoms with Gasteiger partial charge in [-0.3, -0.25) is 5.10 Å². The fourth-order valence-corrected chi connectivity index (χ4v) is 4.69. The van der Waals surface area contributed by atoms with Crippen molar-refractivity contribution >= 4 is 11.4 Å². The monoisotopic (exact) mass is 415 g/mol. The molecule has 31 heavy (non-hydrogen) atoms. The Morgan fingerprint density at radius 2 is 1.77 bits per heavy atom. The number of anilines is 2. The molecule has 0 unspecified atom stereocenters. The van der Waals surface area contributed by atoms with Crippen molar-refractivity contribution in [2.45, 2.75) is 19.4 Å². The minimum Gasteiger partial charge on any atom is -0.493 e. The maximum absolute atomic E-state index is 9.63. The Morgan fingerprint density at radius 3 is 2.48 bits per heavy atom. The number of nitrogens with one attached hydrogen (secondary N) is 1. The van der Waals surface area contributed by atoms with E-state index in [2.05, 4.69) is 34.1 Å². The second-order valence-electron chi connectivity index (χ2n) is 8.04. The Balaban J connectivity index is 1.67. The molecule has 0 saturated carbocycles. The lowest BCUT2D eigenvalue weighted by Crippen LogP contribution is -2.21. The summed E-state index contributed by atoms with van der Waals surface area (Å²) >= 11 is 0. The number of hydrogen-bond donors (Lipinski definition) is 1. The molecule has 1 N–H and O–H groups in total. The number of hydrogen-bond acceptors (Lipinski definition) is 6. The van der Waals surface area contributed by atoms with Gasteiger partial charge in [-0.25, -0.2) is 0 Å². The van der Waals surface area contributed by atoms with Crippen LogP contribution in [0, 0.1) is 11.3 Å². The lowest BCUT2D eigenvalue weighted by atomic mass is 9.93. The first-order valence-electron chi connectivity index (χ1n) is 10.5. The van der Waals surface area contributed by atoms with Crippen LogP contribution in [0.25, 0.3) is 22.4 Å². The normalized spacial score (nSPS) is 14.8. The molecule has 7 nitrogen and oxygen atoms in total. The van der Waals surface area contributed by atoms with Crippen molar-refractivity contribution in [1.82, 2.24) is 10.2 Å². The molecule has 1 fully saturated rings. The molecule has 0 amide bonds. The highest BCUT2D eigenvalue weighted by Crippen LogP contribution is 2.47. The molecular formula is C24H25N5O2. The van der Waals surface area contributed by atoms with Crippen LogP contribution >= 0.6 is 0 Å². The van der Waals surface area contributed by atoms with E-state index in [-0.39, 0.29) is 0 Å². The number of nitriles is 1. The van der Waals surface area contributed by atoms with Gasteiger partial charge >= 0.3 is 0 Å². The number of aromatic nitrogens is 2. The molecule has 1 saturated heterocycles. The highest BCUT2D eigenvalue weighted by Gasteiger charge is 2.28. The minimum absolute atomic E-state index is 0.687. The van der Waals surface area contributed by atoms with Crippen molar-refractivity contribution < 1.29 is 9.47 Å². The molecule has 3 aromatic rings. The molecule has 7 heteroatoms. The molecule has 2 aliphatic rings. The number of methoxy groups -OCH3 is 2. The van der Waals surface area contributed by atoms with E-state index in [4.69, 9.17) is 14.6 Å². The molecule has 0 atom stereocenters. The number of aromatic amines is 1. The number of rotatable bonds is 4. The van der Waals surface area contributed by atoms with E-state index in [9.17, 15) is 5.26 Å². The fourth-order valence-electron chi connectivity index (χ4n) is 4.69. The van der Waals surface area contributed by atoms with Gasteiger partial charge in [-0.05, 0) is 31.0 Å². The molecule has 2 aliphatic heterocycles. The van der Waals surface area contributed by atoms with Gasteiger partial charge in [-0.15, -0.1) is 0 Å². The lowest BCUT2D eigenvalue weighted by Gasteiger charge is -2.29. The van der Waals surface area contributed by atoms with Crippen molar-refractivity contribution in [3.05, 3.63) is 41.6 Å². The summed E-state index contributed by atoms with van der Waals surface area (Å²) in [6.07, 6.45) is 2.32. The highest BCUT2D eigenvalue weighted by atomic mass is 16.5. The van der Waals surface area contributed by atoms with E-state index >= 15 is 0 Å². The average Bonchev–Trinajstić information content (AvgIpc) is 3.48. The summed E-state index contributed by atoms with van der Waals surface area (Å²) in [6.45, 7) is 2.70. The van der Waals surface area contributed by atoms with E-state index in [0.717, 1.165) is 71.9 Å². The van der Waals surface area contributed by atoms with Crippen molar-refractivity contribution in [2.75, 3.05) is 44.2 Å². The smallest absolute Gasteiger partial charge is 0.162 e. The van der Waals surface area contributed by atoms with Gasteiger partial charge in [0, 0.05) is 48.6 Å². The van der Waals surface area contributed by atoms with E-state index in [1.807, 2.05) is 24.3 Å². The van der Waals surface area contributed by atoms with Crippen molar-refractivity contribution in [3.63, 3.8) is 0 Å². The van der Waals surface area contributed by atoms with E-state index in [1.54, 1.807) is 14.2 Å². The number of ether oxygens (including phenoxy) is 2. The Hall–Kier alpha value is -3.66. The van der Waals surface area contributed by atoms with E-state index in [0.29, 0.717) is 17.1 Å². The van der Waals surface area contributed by atoms with Crippen LogP contribution in [-0.2, 0) is 6.54 Å². The summed E-state index contributed by atoms with van der Waals surface area (Å²) in [5.41, 5.74) is 7.86. The van der Waals surface area contributed by atoms with Gasteiger partial charge in [0.1, 0.15) is 11.8 Å². The third kappa shape index (κ3) is 3.07. The Bertz CT molecular complexity index is 1190. The predicted molar refractivity (Wildman–Crippen MR) is 121 cm³/mol. The molecule has 0 bridgehead atoms. The van der Waals surface area contributed by atoms with Crippen molar-refractivity contribution in [1.29, 1.82) is 5.26 Å². The molecule has 1 aromatic heterocycles. The third-order valence-corrected chi connectivity index (χ3v) is 6.26. The standard InChI is InChI=1S/C24H25N5O2/c1-28-14-18-23(17-11-21(30-2)22(31-3)12-20(17)28)24(27-26-18)15-6-7-16(13-25)19(10-15)29-8-4-5-9-29/h6-7,10-12H,4-5,8-9,14H2,1-3H3,(H,26,27). The van der Waals surface area contributed by atoms with Gasteiger partial charge in [0.15, 0.2) is 11.5 Å². The second kappa shape index (κ2) is 7.55. The zero-order chi connectivity index (χ0) is 21.5. The Labute approximate surface area is 181 Å². The Morgan fingerprint density at radius 1 is 1.03 bits per heavy atom. The summed E-state index contributed by atoms with van der Waals surface area (Å²) in [5.74, 6) is 1.39. The molecule has 0 radical (unpaired) electrons. The average molecular weight is 415 g/mol. The largest absolute Gasteiger partial charge is 0.493 e. The van der Waals surface area contributed by atoms with Gasteiger partial charge in [0.05, 0.1) is 37.7 Å². The van der Waals surface area contributed by atoms with Gasteiger partial charge in [-0.1, -0.05) is 6.07 Å². The van der Waals surface area contributed by atoms with Crippen LogP contribution < -0.4 is 19.3 Å². The summed E-state index contributed by atoms with van der Waals surface area (Å²) < 4.78 is 11.1. The molecule has 0 spiro atoms. The first-order valence-corrected chi connectivity index (χ1v) is 10.5. The van der Waals surface area contributed by atoms with Crippen molar-refractivity contribution in [3.8, 4) is 40.0 Å². The number of H-pyrrole nitrogens is 1. The molecule has 0 aliphatic carbocycles. The van der Waals surface area contributed by atoms with Crippen LogP contribution in [-0.4, -0.2) is 44.6 Å². The van der Waals surface area contributed by atoms with Crippen LogP contribution in [0.2, 0.25) is 0 Å². The van der Waals surface area contributed by atoms with Crippen molar-refractivity contribution in [2.24, 2.45) is 0 Å². The third-order valence-electron chi connectivity index (χ3n) is 6.26. The topological polar surface area (TPSA) is 77.4 Å². The molecule has 3 heterocycles. The zero-order valence-corrected chi connectivity index (χ0v) is 18.0. The quantitative estimate of drug-likeness (QED) is 0.689. The van der Waals surface area contributed by atoms with Gasteiger partial charge in [0.25, 0.3) is 0 Å². The summed E-state index contributed by atoms with van der Waals surface area (Å²) in [7, 11) is 5.36. The molecule has 2 aromatic carbocycles. The molecular weight excluding hydrogens is 390 g/mol. The first kappa shape index (κ1) is 19.3. The fraction of sp³-hybridized carbons (Fsp3) is 0.333. The molecule has 5 rings (SSSR count). The maximum atomic E-state index is 9.63. The second-order valence-corrected chi connectivity index (χ2v) is 8.04. The minimum atomic E-state index is 0.687. The van der Waals surface area contributed by atoms with E-state index < -0.39 is 0 Å².